The highest BCUT2D eigenvalue weighted by atomic mass is 16.3. The predicted octanol–water partition coefficient (Wildman–Crippen LogP) is 2.89. The quantitative estimate of drug-likeness (QED) is 0.823. The molecule has 0 unspecified atom stereocenters. The van der Waals surface area contributed by atoms with E-state index in [1.807, 2.05) is 13.0 Å². The SMILES string of the molecule is Cc1cc(O)c(C(C)C)cc1CN(C)C. The number of phenols is 1. The van der Waals surface area contributed by atoms with Crippen molar-refractivity contribution in [2.75, 3.05) is 14.1 Å². The zero-order valence-electron chi connectivity index (χ0n) is 10.3. The molecule has 0 saturated carbocycles. The fraction of sp³-hybridized carbons (Fsp3) is 0.538. The molecule has 0 atom stereocenters. The van der Waals surface area contributed by atoms with Crippen LogP contribution < -0.4 is 0 Å². The van der Waals surface area contributed by atoms with Gasteiger partial charge in [0, 0.05) is 6.54 Å². The van der Waals surface area contributed by atoms with Crippen LogP contribution >= 0.6 is 0 Å². The van der Waals surface area contributed by atoms with Crippen molar-refractivity contribution in [2.24, 2.45) is 0 Å². The minimum atomic E-state index is 0.367. The molecule has 0 radical (unpaired) electrons. The molecule has 0 saturated heterocycles. The maximum Gasteiger partial charge on any atom is 0.119 e. The molecule has 1 aromatic carbocycles. The molecule has 0 bridgehead atoms. The second-order valence-corrected chi connectivity index (χ2v) is 4.73. The summed E-state index contributed by atoms with van der Waals surface area (Å²) < 4.78 is 0. The van der Waals surface area contributed by atoms with Crippen LogP contribution in [-0.4, -0.2) is 24.1 Å². The van der Waals surface area contributed by atoms with Crippen LogP contribution in [0, 0.1) is 6.92 Å². The number of rotatable bonds is 3. The first-order valence-corrected chi connectivity index (χ1v) is 5.39. The summed E-state index contributed by atoms with van der Waals surface area (Å²) in [4.78, 5) is 2.14. The molecule has 0 fully saturated rings. The standard InChI is InChI=1S/C13H21NO/c1-9(2)12-7-11(8-14(4)5)10(3)6-13(12)15/h6-7,9,15H,8H2,1-5H3. The second kappa shape index (κ2) is 4.67. The minimum Gasteiger partial charge on any atom is -0.508 e. The third-order valence-electron chi connectivity index (χ3n) is 2.59. The van der Waals surface area contributed by atoms with Crippen LogP contribution in [-0.2, 0) is 6.54 Å². The first-order valence-electron chi connectivity index (χ1n) is 5.39. The molecule has 2 heteroatoms. The molecule has 1 aromatic rings. The van der Waals surface area contributed by atoms with Gasteiger partial charge < -0.3 is 10.0 Å². The van der Waals surface area contributed by atoms with E-state index in [9.17, 15) is 5.11 Å². The van der Waals surface area contributed by atoms with Crippen LogP contribution in [0.4, 0.5) is 0 Å². The van der Waals surface area contributed by atoms with Crippen LogP contribution in [0.1, 0.15) is 36.5 Å². The Morgan fingerprint density at radius 1 is 1.27 bits per heavy atom. The molecule has 0 amide bonds. The Bertz CT molecular complexity index is 343. The Morgan fingerprint density at radius 3 is 2.33 bits per heavy atom. The predicted molar refractivity (Wildman–Crippen MR) is 64.3 cm³/mol. The zero-order chi connectivity index (χ0) is 11.6. The van der Waals surface area contributed by atoms with E-state index in [0.29, 0.717) is 11.7 Å². The number of aromatic hydroxyl groups is 1. The van der Waals surface area contributed by atoms with Gasteiger partial charge in [-0.2, -0.15) is 0 Å². The van der Waals surface area contributed by atoms with E-state index in [4.69, 9.17) is 0 Å². The summed E-state index contributed by atoms with van der Waals surface area (Å²) in [6.07, 6.45) is 0. The fourth-order valence-corrected chi connectivity index (χ4v) is 1.73. The summed E-state index contributed by atoms with van der Waals surface area (Å²) in [6, 6.07) is 3.99. The van der Waals surface area contributed by atoms with Gasteiger partial charge in [0.05, 0.1) is 0 Å². The summed E-state index contributed by atoms with van der Waals surface area (Å²) in [5, 5.41) is 9.81. The summed E-state index contributed by atoms with van der Waals surface area (Å²) >= 11 is 0. The van der Waals surface area contributed by atoms with E-state index in [1.165, 1.54) is 5.56 Å². The lowest BCUT2D eigenvalue weighted by atomic mass is 9.96. The van der Waals surface area contributed by atoms with E-state index in [1.54, 1.807) is 0 Å². The van der Waals surface area contributed by atoms with E-state index in [0.717, 1.165) is 17.7 Å². The number of hydrogen-bond donors (Lipinski definition) is 1. The van der Waals surface area contributed by atoms with Gasteiger partial charge in [0.1, 0.15) is 5.75 Å². The summed E-state index contributed by atoms with van der Waals surface area (Å²) in [5.41, 5.74) is 3.49. The van der Waals surface area contributed by atoms with Crippen molar-refractivity contribution in [1.29, 1.82) is 0 Å². The molecule has 15 heavy (non-hydrogen) atoms. The Hall–Kier alpha value is -1.02. The van der Waals surface area contributed by atoms with Crippen LogP contribution in [0.15, 0.2) is 12.1 Å². The molecule has 0 heterocycles. The highest BCUT2D eigenvalue weighted by Crippen LogP contribution is 2.28. The lowest BCUT2D eigenvalue weighted by Crippen LogP contribution is -2.12. The van der Waals surface area contributed by atoms with Crippen molar-refractivity contribution >= 4 is 0 Å². The van der Waals surface area contributed by atoms with Gasteiger partial charge >= 0.3 is 0 Å². The topological polar surface area (TPSA) is 23.5 Å². The molecule has 0 aliphatic heterocycles. The number of benzene rings is 1. The van der Waals surface area contributed by atoms with Crippen LogP contribution in [0.5, 0.6) is 5.75 Å². The molecule has 0 aromatic heterocycles. The maximum atomic E-state index is 9.81. The minimum absolute atomic E-state index is 0.367. The van der Waals surface area contributed by atoms with Gasteiger partial charge in [0.15, 0.2) is 0 Å². The highest BCUT2D eigenvalue weighted by Gasteiger charge is 2.10. The fourth-order valence-electron chi connectivity index (χ4n) is 1.73. The van der Waals surface area contributed by atoms with E-state index < -0.39 is 0 Å². The molecule has 84 valence electrons. The number of hydrogen-bond acceptors (Lipinski definition) is 2. The number of nitrogens with zero attached hydrogens (tertiary/aromatic N) is 1. The smallest absolute Gasteiger partial charge is 0.119 e. The van der Waals surface area contributed by atoms with Gasteiger partial charge in [-0.1, -0.05) is 19.9 Å². The number of aryl methyl sites for hydroxylation is 1. The lowest BCUT2D eigenvalue weighted by Gasteiger charge is -2.16. The first kappa shape index (κ1) is 12.1. The summed E-state index contributed by atoms with van der Waals surface area (Å²) in [6.45, 7) is 7.17. The van der Waals surface area contributed by atoms with Crippen molar-refractivity contribution in [2.45, 2.75) is 33.2 Å². The molecular formula is C13H21NO. The molecule has 0 aliphatic rings. The molecule has 1 N–H and O–H groups in total. The van der Waals surface area contributed by atoms with Crippen molar-refractivity contribution in [3.63, 3.8) is 0 Å². The Kier molecular flexibility index (Phi) is 3.75. The van der Waals surface area contributed by atoms with Crippen LogP contribution in [0.3, 0.4) is 0 Å². The van der Waals surface area contributed by atoms with Gasteiger partial charge in [-0.25, -0.2) is 0 Å². The van der Waals surface area contributed by atoms with Gasteiger partial charge in [-0.3, -0.25) is 0 Å². The summed E-state index contributed by atoms with van der Waals surface area (Å²) in [5.74, 6) is 0.788. The largest absolute Gasteiger partial charge is 0.508 e. The average Bonchev–Trinajstić information content (AvgIpc) is 2.08. The normalized spacial score (nSPS) is 11.4. The van der Waals surface area contributed by atoms with Gasteiger partial charge in [0.25, 0.3) is 0 Å². The molecule has 2 nitrogen and oxygen atoms in total. The third kappa shape index (κ3) is 2.96. The zero-order valence-corrected chi connectivity index (χ0v) is 10.3. The molecule has 1 rings (SSSR count). The second-order valence-electron chi connectivity index (χ2n) is 4.73. The van der Waals surface area contributed by atoms with Gasteiger partial charge in [-0.05, 0) is 49.7 Å². The highest BCUT2D eigenvalue weighted by molar-refractivity contribution is 5.42. The number of phenolic OH excluding ortho intramolecular Hbond substituents is 1. The van der Waals surface area contributed by atoms with Gasteiger partial charge in [0.2, 0.25) is 0 Å². The van der Waals surface area contributed by atoms with E-state index in [-0.39, 0.29) is 0 Å². The first-order chi connectivity index (χ1) is 6.91. The summed E-state index contributed by atoms with van der Waals surface area (Å²) in [7, 11) is 4.11. The molecular weight excluding hydrogens is 186 g/mol. The van der Waals surface area contributed by atoms with Crippen molar-refractivity contribution in [3.05, 3.63) is 28.8 Å². The monoisotopic (exact) mass is 207 g/mol. The van der Waals surface area contributed by atoms with E-state index >= 15 is 0 Å². The lowest BCUT2D eigenvalue weighted by molar-refractivity contribution is 0.400. The average molecular weight is 207 g/mol. The molecule has 0 spiro atoms. The van der Waals surface area contributed by atoms with Crippen molar-refractivity contribution in [1.82, 2.24) is 4.90 Å². The Balaban J connectivity index is 3.11. The third-order valence-corrected chi connectivity index (χ3v) is 2.59. The maximum absolute atomic E-state index is 9.81. The molecule has 0 aliphatic carbocycles. The van der Waals surface area contributed by atoms with E-state index in [2.05, 4.69) is 38.9 Å². The van der Waals surface area contributed by atoms with Crippen molar-refractivity contribution in [3.8, 4) is 5.75 Å². The Labute approximate surface area is 92.5 Å². The van der Waals surface area contributed by atoms with Crippen LogP contribution in [0.2, 0.25) is 0 Å². The van der Waals surface area contributed by atoms with Crippen molar-refractivity contribution < 1.29 is 5.11 Å². The van der Waals surface area contributed by atoms with Crippen LogP contribution in [0.25, 0.3) is 0 Å². The van der Waals surface area contributed by atoms with Gasteiger partial charge in [-0.15, -0.1) is 0 Å². The Morgan fingerprint density at radius 2 is 1.87 bits per heavy atom.